The van der Waals surface area contributed by atoms with E-state index in [4.69, 9.17) is 5.11 Å². The number of hydrogen-bond donors (Lipinski definition) is 2. The second kappa shape index (κ2) is 8.13. The van der Waals surface area contributed by atoms with Gasteiger partial charge in [0.25, 0.3) is 0 Å². The standard InChI is InChI=1S/C15H20FNO3S/c1-3-13(4-2)17-21(19,20)15-9-8-12(11-14(15)16)7-5-6-10-18/h8-9,11,13,17-18H,3-4,6,10H2,1-2H3. The van der Waals surface area contributed by atoms with E-state index in [1.165, 1.54) is 12.1 Å². The Morgan fingerprint density at radius 2 is 2.00 bits per heavy atom. The average molecular weight is 313 g/mol. The molecule has 0 aliphatic rings. The fourth-order valence-electron chi connectivity index (χ4n) is 1.76. The van der Waals surface area contributed by atoms with Crippen molar-refractivity contribution in [2.45, 2.75) is 44.0 Å². The molecule has 0 heterocycles. The normalized spacial score (nSPS) is 11.3. The van der Waals surface area contributed by atoms with Crippen LogP contribution in [-0.4, -0.2) is 26.2 Å². The first-order valence-corrected chi connectivity index (χ1v) is 8.34. The van der Waals surface area contributed by atoms with Crippen molar-refractivity contribution in [2.75, 3.05) is 6.61 Å². The molecule has 0 unspecified atom stereocenters. The van der Waals surface area contributed by atoms with E-state index in [0.717, 1.165) is 6.07 Å². The van der Waals surface area contributed by atoms with Gasteiger partial charge >= 0.3 is 0 Å². The molecule has 4 nitrogen and oxygen atoms in total. The molecular weight excluding hydrogens is 293 g/mol. The Balaban J connectivity index is 3.02. The summed E-state index contributed by atoms with van der Waals surface area (Å²) in [4.78, 5) is -0.373. The summed E-state index contributed by atoms with van der Waals surface area (Å²) >= 11 is 0. The molecular formula is C15H20FNO3S. The molecule has 1 rings (SSSR count). The molecule has 6 heteroatoms. The van der Waals surface area contributed by atoms with Crippen molar-refractivity contribution in [1.82, 2.24) is 4.72 Å². The Morgan fingerprint density at radius 3 is 2.52 bits per heavy atom. The van der Waals surface area contributed by atoms with Gasteiger partial charge in [-0.2, -0.15) is 0 Å². The van der Waals surface area contributed by atoms with Gasteiger partial charge in [0.15, 0.2) is 0 Å². The second-order valence-electron chi connectivity index (χ2n) is 4.56. The quantitative estimate of drug-likeness (QED) is 0.790. The second-order valence-corrected chi connectivity index (χ2v) is 6.24. The summed E-state index contributed by atoms with van der Waals surface area (Å²) in [6, 6.07) is 3.54. The van der Waals surface area contributed by atoms with Gasteiger partial charge in [-0.3, -0.25) is 0 Å². The van der Waals surface area contributed by atoms with E-state index in [2.05, 4.69) is 16.6 Å². The zero-order chi connectivity index (χ0) is 15.9. The average Bonchev–Trinajstić information content (AvgIpc) is 2.45. The molecule has 0 saturated carbocycles. The Kier molecular flexibility index (Phi) is 6.82. The van der Waals surface area contributed by atoms with Crippen LogP contribution >= 0.6 is 0 Å². The first-order chi connectivity index (χ1) is 9.94. The molecule has 0 saturated heterocycles. The van der Waals surface area contributed by atoms with Crippen LogP contribution in [0.25, 0.3) is 0 Å². The lowest BCUT2D eigenvalue weighted by atomic mass is 10.2. The fourth-order valence-corrected chi connectivity index (χ4v) is 3.22. The van der Waals surface area contributed by atoms with Gasteiger partial charge in [0.05, 0.1) is 6.61 Å². The highest BCUT2D eigenvalue weighted by molar-refractivity contribution is 7.89. The monoisotopic (exact) mass is 313 g/mol. The zero-order valence-electron chi connectivity index (χ0n) is 12.2. The van der Waals surface area contributed by atoms with Crippen LogP contribution in [-0.2, 0) is 10.0 Å². The van der Waals surface area contributed by atoms with E-state index >= 15 is 0 Å². The third-order valence-electron chi connectivity index (χ3n) is 3.00. The van der Waals surface area contributed by atoms with Gasteiger partial charge in [-0.25, -0.2) is 17.5 Å². The lowest BCUT2D eigenvalue weighted by Crippen LogP contribution is -2.34. The highest BCUT2D eigenvalue weighted by Gasteiger charge is 2.21. The molecule has 116 valence electrons. The largest absolute Gasteiger partial charge is 0.395 e. The molecule has 0 amide bonds. The molecule has 0 spiro atoms. The number of rotatable bonds is 6. The SMILES string of the molecule is CCC(CC)NS(=O)(=O)c1ccc(C#CCCO)cc1F. The number of sulfonamides is 1. The van der Waals surface area contributed by atoms with Crippen molar-refractivity contribution < 1.29 is 17.9 Å². The number of nitrogens with one attached hydrogen (secondary N) is 1. The van der Waals surface area contributed by atoms with Crippen LogP contribution in [0.15, 0.2) is 23.1 Å². The third kappa shape index (κ3) is 5.12. The van der Waals surface area contributed by atoms with E-state index in [1.54, 1.807) is 0 Å². The Morgan fingerprint density at radius 1 is 1.33 bits per heavy atom. The summed E-state index contributed by atoms with van der Waals surface area (Å²) in [6.07, 6.45) is 1.57. The van der Waals surface area contributed by atoms with E-state index in [-0.39, 0.29) is 24.0 Å². The van der Waals surface area contributed by atoms with Crippen LogP contribution in [0.4, 0.5) is 4.39 Å². The molecule has 0 aromatic heterocycles. The highest BCUT2D eigenvalue weighted by Crippen LogP contribution is 2.17. The van der Waals surface area contributed by atoms with E-state index < -0.39 is 15.8 Å². The van der Waals surface area contributed by atoms with E-state index in [0.29, 0.717) is 18.4 Å². The summed E-state index contributed by atoms with van der Waals surface area (Å²) in [6.45, 7) is 3.67. The number of halogens is 1. The summed E-state index contributed by atoms with van der Waals surface area (Å²) in [5.41, 5.74) is 0.377. The fraction of sp³-hybridized carbons (Fsp3) is 0.467. The van der Waals surface area contributed by atoms with Gasteiger partial charge in [0.2, 0.25) is 10.0 Å². The molecule has 1 aromatic rings. The lowest BCUT2D eigenvalue weighted by Gasteiger charge is -2.15. The summed E-state index contributed by atoms with van der Waals surface area (Å²) in [7, 11) is -3.87. The molecule has 0 atom stereocenters. The Labute approximate surface area is 125 Å². The zero-order valence-corrected chi connectivity index (χ0v) is 13.0. The third-order valence-corrected chi connectivity index (χ3v) is 4.55. The minimum atomic E-state index is -3.87. The van der Waals surface area contributed by atoms with Crippen molar-refractivity contribution in [2.24, 2.45) is 0 Å². The van der Waals surface area contributed by atoms with Crippen LogP contribution in [0.1, 0.15) is 38.7 Å². The van der Waals surface area contributed by atoms with E-state index in [9.17, 15) is 12.8 Å². The van der Waals surface area contributed by atoms with Crippen molar-refractivity contribution in [3.8, 4) is 11.8 Å². The van der Waals surface area contributed by atoms with Crippen molar-refractivity contribution in [1.29, 1.82) is 0 Å². The molecule has 0 fully saturated rings. The van der Waals surface area contributed by atoms with Crippen molar-refractivity contribution >= 4 is 10.0 Å². The van der Waals surface area contributed by atoms with Gasteiger partial charge in [0.1, 0.15) is 10.7 Å². The maximum atomic E-state index is 14.0. The predicted molar refractivity (Wildman–Crippen MR) is 79.7 cm³/mol. The minimum absolute atomic E-state index is 0.0682. The van der Waals surface area contributed by atoms with Crippen LogP contribution in [0.2, 0.25) is 0 Å². The van der Waals surface area contributed by atoms with Crippen LogP contribution in [0.5, 0.6) is 0 Å². The number of benzene rings is 1. The molecule has 1 aromatic carbocycles. The van der Waals surface area contributed by atoms with Gasteiger partial charge in [-0.1, -0.05) is 25.7 Å². The van der Waals surface area contributed by atoms with Crippen molar-refractivity contribution in [3.63, 3.8) is 0 Å². The van der Waals surface area contributed by atoms with E-state index in [1.807, 2.05) is 13.8 Å². The van der Waals surface area contributed by atoms with Crippen LogP contribution in [0.3, 0.4) is 0 Å². The topological polar surface area (TPSA) is 66.4 Å². The highest BCUT2D eigenvalue weighted by atomic mass is 32.2. The number of hydrogen-bond acceptors (Lipinski definition) is 3. The van der Waals surface area contributed by atoms with Gasteiger partial charge in [-0.05, 0) is 31.0 Å². The molecule has 2 N–H and O–H groups in total. The van der Waals surface area contributed by atoms with Crippen molar-refractivity contribution in [3.05, 3.63) is 29.6 Å². The summed E-state index contributed by atoms with van der Waals surface area (Å²) in [5.74, 6) is 4.49. The first kappa shape index (κ1) is 17.6. The van der Waals surface area contributed by atoms with Gasteiger partial charge < -0.3 is 5.11 Å². The molecule has 0 aliphatic heterocycles. The maximum Gasteiger partial charge on any atom is 0.243 e. The maximum absolute atomic E-state index is 14.0. The summed E-state index contributed by atoms with van der Waals surface area (Å²) < 4.78 is 40.7. The smallest absolute Gasteiger partial charge is 0.243 e. The van der Waals surface area contributed by atoms with Crippen LogP contribution in [0, 0.1) is 17.7 Å². The first-order valence-electron chi connectivity index (χ1n) is 6.86. The number of aliphatic hydroxyl groups excluding tert-OH is 1. The van der Waals surface area contributed by atoms with Gasteiger partial charge in [-0.15, -0.1) is 0 Å². The number of aliphatic hydroxyl groups is 1. The Hall–Kier alpha value is -1.42. The molecule has 0 radical (unpaired) electrons. The summed E-state index contributed by atoms with van der Waals surface area (Å²) in [5, 5.41) is 8.62. The molecule has 21 heavy (non-hydrogen) atoms. The molecule has 0 bridgehead atoms. The van der Waals surface area contributed by atoms with Gasteiger partial charge in [0, 0.05) is 18.0 Å². The Bertz CT molecular complexity index is 628. The van der Waals surface area contributed by atoms with Crippen LogP contribution < -0.4 is 4.72 Å². The minimum Gasteiger partial charge on any atom is -0.395 e. The lowest BCUT2D eigenvalue weighted by molar-refractivity contribution is 0.305. The predicted octanol–water partition coefficient (Wildman–Crippen LogP) is 2.03. The molecule has 0 aliphatic carbocycles.